The number of fused-ring (bicyclic) bond motifs is 9. The van der Waals surface area contributed by atoms with Gasteiger partial charge in [0.05, 0.1) is 11.4 Å². The molecule has 0 N–H and O–H groups in total. The van der Waals surface area contributed by atoms with Crippen molar-refractivity contribution in [3.8, 4) is 33.4 Å². The van der Waals surface area contributed by atoms with E-state index in [-0.39, 0.29) is 5.41 Å². The Labute approximate surface area is 353 Å². The van der Waals surface area contributed by atoms with Gasteiger partial charge in [0.1, 0.15) is 0 Å². The van der Waals surface area contributed by atoms with Gasteiger partial charge in [0.25, 0.3) is 0 Å². The quantitative estimate of drug-likeness (QED) is 0.0613. The van der Waals surface area contributed by atoms with Crippen molar-refractivity contribution < 1.29 is 0 Å². The molecular formula is C57H60N2. The maximum atomic E-state index is 5.19. The van der Waals surface area contributed by atoms with Gasteiger partial charge in [-0.1, -0.05) is 176 Å². The zero-order chi connectivity index (χ0) is 40.0. The van der Waals surface area contributed by atoms with Crippen molar-refractivity contribution in [3.05, 3.63) is 166 Å². The largest absolute Gasteiger partial charge is 0.256 e. The second-order valence-corrected chi connectivity index (χ2v) is 17.6. The Hall–Kier alpha value is -5.34. The fourth-order valence-corrected chi connectivity index (χ4v) is 10.5. The molecule has 2 nitrogen and oxygen atoms in total. The normalized spacial score (nSPS) is 14.1. The van der Waals surface area contributed by atoms with Crippen LogP contribution in [0, 0.1) is 0 Å². The Morgan fingerprint density at radius 1 is 0.407 bits per heavy atom. The molecule has 0 saturated carbocycles. The Morgan fingerprint density at radius 2 is 0.814 bits per heavy atom. The van der Waals surface area contributed by atoms with Crippen molar-refractivity contribution in [2.45, 2.75) is 122 Å². The Morgan fingerprint density at radius 3 is 1.29 bits per heavy atom. The van der Waals surface area contributed by atoms with E-state index in [0.29, 0.717) is 0 Å². The van der Waals surface area contributed by atoms with E-state index in [1.54, 1.807) is 0 Å². The van der Waals surface area contributed by atoms with Gasteiger partial charge >= 0.3 is 0 Å². The van der Waals surface area contributed by atoms with Crippen molar-refractivity contribution >= 4 is 23.8 Å². The Balaban J connectivity index is 1.03. The van der Waals surface area contributed by atoms with Crippen molar-refractivity contribution in [2.75, 3.05) is 0 Å². The first-order chi connectivity index (χ1) is 29.1. The fraction of sp³-hybridized carbons (Fsp3) is 0.333. The standard InChI is InChI=1S/C57H60N2/c1-3-5-7-9-11-17-31-57(32-18-12-10-8-6-4-2)55-37-47(58-39-41-23-27-51-45(33-41)35-43-19-13-15-21-49(43)51)25-29-53(55)54-30-26-48(38-56(54)57)59-40-42-24-28-52-46(34-42)36-44-20-14-16-22-50(44)52/h13-16,19-30,33-34,37-40H,3-12,17-18,31-32,35-36H2,1-2H3. The molecule has 0 amide bonds. The summed E-state index contributed by atoms with van der Waals surface area (Å²) in [5.41, 5.74) is 21.2. The van der Waals surface area contributed by atoms with Crippen LogP contribution in [-0.4, -0.2) is 12.4 Å². The number of benzene rings is 6. The minimum absolute atomic E-state index is 0.0457. The molecule has 3 aliphatic carbocycles. The van der Waals surface area contributed by atoms with Gasteiger partial charge in [-0.15, -0.1) is 0 Å². The average Bonchev–Trinajstić information content (AvgIpc) is 3.92. The van der Waals surface area contributed by atoms with E-state index in [9.17, 15) is 0 Å². The molecular weight excluding hydrogens is 713 g/mol. The van der Waals surface area contributed by atoms with Crippen LogP contribution in [0.15, 0.2) is 131 Å². The molecule has 0 heterocycles. The number of aliphatic imine (C=N–C) groups is 2. The molecule has 2 heteroatoms. The van der Waals surface area contributed by atoms with Gasteiger partial charge in [0, 0.05) is 17.8 Å². The summed E-state index contributed by atoms with van der Waals surface area (Å²) in [7, 11) is 0. The molecule has 0 unspecified atom stereocenters. The molecule has 9 rings (SSSR count). The smallest absolute Gasteiger partial charge is 0.0633 e. The Kier molecular flexibility index (Phi) is 11.9. The van der Waals surface area contributed by atoms with E-state index < -0.39 is 0 Å². The molecule has 0 radical (unpaired) electrons. The monoisotopic (exact) mass is 772 g/mol. The molecule has 0 saturated heterocycles. The second kappa shape index (κ2) is 17.9. The third-order valence-corrected chi connectivity index (χ3v) is 13.6. The van der Waals surface area contributed by atoms with Crippen LogP contribution in [0.1, 0.15) is 148 Å². The summed E-state index contributed by atoms with van der Waals surface area (Å²) in [5, 5.41) is 0. The molecule has 0 bridgehead atoms. The van der Waals surface area contributed by atoms with Crippen LogP contribution >= 0.6 is 0 Å². The van der Waals surface area contributed by atoms with Gasteiger partial charge in [-0.25, -0.2) is 0 Å². The number of hydrogen-bond donors (Lipinski definition) is 0. The predicted octanol–water partition coefficient (Wildman–Crippen LogP) is 16.1. The molecule has 0 aromatic heterocycles. The van der Waals surface area contributed by atoms with Crippen LogP contribution in [-0.2, 0) is 18.3 Å². The van der Waals surface area contributed by atoms with Crippen molar-refractivity contribution in [1.29, 1.82) is 0 Å². The van der Waals surface area contributed by atoms with Crippen LogP contribution in [0.25, 0.3) is 33.4 Å². The van der Waals surface area contributed by atoms with Gasteiger partial charge in [0.2, 0.25) is 0 Å². The minimum atomic E-state index is -0.0457. The summed E-state index contributed by atoms with van der Waals surface area (Å²) >= 11 is 0. The van der Waals surface area contributed by atoms with Crippen LogP contribution in [0.4, 0.5) is 11.4 Å². The molecule has 0 atom stereocenters. The van der Waals surface area contributed by atoms with Gasteiger partial charge in [-0.3, -0.25) is 9.98 Å². The molecule has 298 valence electrons. The highest BCUT2D eigenvalue weighted by molar-refractivity contribution is 5.89. The Bertz CT molecular complexity index is 2320. The van der Waals surface area contributed by atoms with Crippen molar-refractivity contribution in [2.24, 2.45) is 9.98 Å². The SMILES string of the molecule is CCCCCCCCC1(CCCCCCCC)c2cc(N=Cc3ccc4c(c3)Cc3ccccc3-4)ccc2-c2ccc(N=Cc3ccc4c(c3)Cc3ccccc3-4)cc21. The summed E-state index contributed by atoms with van der Waals surface area (Å²) in [6, 6.07) is 45.5. The fourth-order valence-electron chi connectivity index (χ4n) is 10.5. The number of nitrogens with zero attached hydrogens (tertiary/aromatic N) is 2. The van der Waals surface area contributed by atoms with Crippen LogP contribution in [0.2, 0.25) is 0 Å². The van der Waals surface area contributed by atoms with Gasteiger partial charge in [-0.2, -0.15) is 0 Å². The summed E-state index contributed by atoms with van der Waals surface area (Å²) in [6.07, 6.45) is 24.2. The van der Waals surface area contributed by atoms with E-state index >= 15 is 0 Å². The average molecular weight is 773 g/mol. The first-order valence-electron chi connectivity index (χ1n) is 22.9. The van der Waals surface area contributed by atoms with E-state index in [2.05, 4.69) is 148 Å². The second-order valence-electron chi connectivity index (χ2n) is 17.6. The minimum Gasteiger partial charge on any atom is -0.256 e. The zero-order valence-corrected chi connectivity index (χ0v) is 35.4. The number of hydrogen-bond acceptors (Lipinski definition) is 2. The van der Waals surface area contributed by atoms with E-state index in [1.165, 1.54) is 168 Å². The highest BCUT2D eigenvalue weighted by Crippen LogP contribution is 2.56. The zero-order valence-electron chi connectivity index (χ0n) is 35.4. The molecule has 0 aliphatic heterocycles. The molecule has 6 aromatic carbocycles. The number of rotatable bonds is 18. The maximum absolute atomic E-state index is 5.19. The maximum Gasteiger partial charge on any atom is 0.0633 e. The summed E-state index contributed by atoms with van der Waals surface area (Å²) in [5.74, 6) is 0. The highest BCUT2D eigenvalue weighted by atomic mass is 14.7. The van der Waals surface area contributed by atoms with Crippen LogP contribution in [0.3, 0.4) is 0 Å². The lowest BCUT2D eigenvalue weighted by Crippen LogP contribution is -2.25. The highest BCUT2D eigenvalue weighted by Gasteiger charge is 2.42. The summed E-state index contributed by atoms with van der Waals surface area (Å²) in [4.78, 5) is 10.4. The van der Waals surface area contributed by atoms with Gasteiger partial charge in [-0.05, 0) is 140 Å². The van der Waals surface area contributed by atoms with Crippen LogP contribution < -0.4 is 0 Å². The third-order valence-electron chi connectivity index (χ3n) is 13.6. The molecule has 3 aliphatic rings. The molecule has 0 fully saturated rings. The summed E-state index contributed by atoms with van der Waals surface area (Å²) < 4.78 is 0. The topological polar surface area (TPSA) is 24.7 Å². The summed E-state index contributed by atoms with van der Waals surface area (Å²) in [6.45, 7) is 4.63. The third kappa shape index (κ3) is 8.16. The first kappa shape index (κ1) is 39.1. The molecule has 59 heavy (non-hydrogen) atoms. The van der Waals surface area contributed by atoms with E-state index in [1.807, 2.05) is 0 Å². The van der Waals surface area contributed by atoms with Gasteiger partial charge in [0.15, 0.2) is 0 Å². The van der Waals surface area contributed by atoms with E-state index in [0.717, 1.165) is 24.2 Å². The lowest BCUT2D eigenvalue weighted by Gasteiger charge is -2.33. The van der Waals surface area contributed by atoms with Crippen molar-refractivity contribution in [1.82, 2.24) is 0 Å². The lowest BCUT2D eigenvalue weighted by atomic mass is 9.70. The predicted molar refractivity (Wildman–Crippen MR) is 253 cm³/mol. The lowest BCUT2D eigenvalue weighted by molar-refractivity contribution is 0.398. The van der Waals surface area contributed by atoms with Gasteiger partial charge < -0.3 is 0 Å². The molecule has 0 spiro atoms. The van der Waals surface area contributed by atoms with E-state index in [4.69, 9.17) is 9.98 Å². The molecule has 6 aromatic rings. The first-order valence-corrected chi connectivity index (χ1v) is 22.9. The number of unbranched alkanes of at least 4 members (excludes halogenated alkanes) is 10. The van der Waals surface area contributed by atoms with Crippen LogP contribution in [0.5, 0.6) is 0 Å². The van der Waals surface area contributed by atoms with Crippen molar-refractivity contribution in [3.63, 3.8) is 0 Å².